The Morgan fingerprint density at radius 3 is 3.03 bits per heavy atom. The zero-order valence-corrected chi connectivity index (χ0v) is 17.6. The molecule has 29 heavy (non-hydrogen) atoms. The molecule has 9 heteroatoms. The third kappa shape index (κ3) is 3.99. The Bertz CT molecular complexity index is 1100. The minimum Gasteiger partial charge on any atom is -0.458 e. The Morgan fingerprint density at radius 2 is 2.31 bits per heavy atom. The van der Waals surface area contributed by atoms with Gasteiger partial charge in [0.1, 0.15) is 11.6 Å². The van der Waals surface area contributed by atoms with Crippen LogP contribution >= 0.6 is 22.9 Å². The molecule has 7 nitrogen and oxygen atoms in total. The average Bonchev–Trinajstić information content (AvgIpc) is 3.40. The summed E-state index contributed by atoms with van der Waals surface area (Å²) in [5.41, 5.74) is 0.978. The molecule has 4 heterocycles. The molecule has 0 bridgehead atoms. The lowest BCUT2D eigenvalue weighted by Crippen LogP contribution is -2.25. The standard InChI is InChI=1S/C20H19ClN4O3S/c1-3-4-5-8-15-22-17(21)16-19(23-15)25(18(24-16)14-7-6-11-29-14)20-13(9-10-27-20)28-12(2)26/h6-7,11,13,20H,3-4,9-10H2,1-2H3. The number of hydrogen-bond donors (Lipinski definition) is 0. The first-order valence-electron chi connectivity index (χ1n) is 9.35. The van der Waals surface area contributed by atoms with Crippen LogP contribution in [0.4, 0.5) is 0 Å². The zero-order chi connectivity index (χ0) is 20.4. The Kier molecular flexibility index (Phi) is 5.81. The largest absolute Gasteiger partial charge is 0.458 e. The molecule has 2 unspecified atom stereocenters. The van der Waals surface area contributed by atoms with Gasteiger partial charge in [0.2, 0.25) is 5.82 Å². The molecule has 1 aliphatic heterocycles. The van der Waals surface area contributed by atoms with E-state index in [2.05, 4.69) is 28.7 Å². The molecule has 1 fully saturated rings. The van der Waals surface area contributed by atoms with Crippen molar-refractivity contribution in [2.24, 2.45) is 0 Å². The molecular formula is C20H19ClN4O3S. The zero-order valence-electron chi connectivity index (χ0n) is 16.0. The fourth-order valence-corrected chi connectivity index (χ4v) is 4.13. The van der Waals surface area contributed by atoms with Crippen molar-refractivity contribution in [2.75, 3.05) is 6.61 Å². The van der Waals surface area contributed by atoms with E-state index in [-0.39, 0.29) is 11.1 Å². The SMILES string of the molecule is CCCC#Cc1nc(Cl)c2nc(-c3cccs3)n(C3OCCC3OC(C)=O)c2n1. The second-order valence-electron chi connectivity index (χ2n) is 6.54. The Balaban J connectivity index is 1.90. The van der Waals surface area contributed by atoms with E-state index in [0.29, 0.717) is 35.8 Å². The molecule has 0 radical (unpaired) electrons. The fraction of sp³-hybridized carbons (Fsp3) is 0.400. The monoisotopic (exact) mass is 430 g/mol. The van der Waals surface area contributed by atoms with Gasteiger partial charge >= 0.3 is 5.97 Å². The van der Waals surface area contributed by atoms with Crippen molar-refractivity contribution in [3.63, 3.8) is 0 Å². The highest BCUT2D eigenvalue weighted by Gasteiger charge is 2.36. The second-order valence-corrected chi connectivity index (χ2v) is 7.85. The molecule has 4 rings (SSSR count). The smallest absolute Gasteiger partial charge is 0.303 e. The summed E-state index contributed by atoms with van der Waals surface area (Å²) >= 11 is 7.97. The van der Waals surface area contributed by atoms with E-state index in [1.165, 1.54) is 6.92 Å². The minimum atomic E-state index is -0.552. The predicted octanol–water partition coefficient (Wildman–Crippen LogP) is 4.21. The van der Waals surface area contributed by atoms with Gasteiger partial charge in [-0.2, -0.15) is 0 Å². The lowest BCUT2D eigenvalue weighted by molar-refractivity contribution is -0.151. The predicted molar refractivity (Wildman–Crippen MR) is 111 cm³/mol. The quantitative estimate of drug-likeness (QED) is 0.350. The van der Waals surface area contributed by atoms with Crippen LogP contribution in [0.25, 0.3) is 21.9 Å². The summed E-state index contributed by atoms with van der Waals surface area (Å²) in [7, 11) is 0. The topological polar surface area (TPSA) is 79.1 Å². The number of unbranched alkanes of at least 4 members (excludes halogenated alkanes) is 1. The number of thiophene rings is 1. The van der Waals surface area contributed by atoms with Crippen LogP contribution in [-0.2, 0) is 14.3 Å². The molecule has 150 valence electrons. The lowest BCUT2D eigenvalue weighted by Gasteiger charge is -2.21. The van der Waals surface area contributed by atoms with E-state index in [9.17, 15) is 4.79 Å². The van der Waals surface area contributed by atoms with Gasteiger partial charge in [-0.3, -0.25) is 9.36 Å². The van der Waals surface area contributed by atoms with E-state index in [4.69, 9.17) is 26.1 Å². The Hall–Kier alpha value is -2.47. The van der Waals surface area contributed by atoms with E-state index >= 15 is 0 Å². The van der Waals surface area contributed by atoms with Crippen LogP contribution in [0.15, 0.2) is 17.5 Å². The van der Waals surface area contributed by atoms with Gasteiger partial charge in [-0.25, -0.2) is 15.0 Å². The van der Waals surface area contributed by atoms with Gasteiger partial charge < -0.3 is 9.47 Å². The van der Waals surface area contributed by atoms with Gasteiger partial charge in [0.15, 0.2) is 22.9 Å². The number of ether oxygens (including phenoxy) is 2. The number of carbonyl (C=O) groups excluding carboxylic acids is 1. The number of rotatable bonds is 4. The molecule has 0 amide bonds. The van der Waals surface area contributed by atoms with Crippen LogP contribution in [-0.4, -0.2) is 38.2 Å². The van der Waals surface area contributed by atoms with Crippen LogP contribution in [0.2, 0.25) is 5.15 Å². The number of imidazole rings is 1. The maximum absolute atomic E-state index is 11.6. The van der Waals surface area contributed by atoms with Crippen molar-refractivity contribution in [3.05, 3.63) is 28.5 Å². The highest BCUT2D eigenvalue weighted by atomic mass is 35.5. The van der Waals surface area contributed by atoms with E-state index < -0.39 is 12.3 Å². The van der Waals surface area contributed by atoms with Gasteiger partial charge in [-0.1, -0.05) is 30.5 Å². The van der Waals surface area contributed by atoms with Gasteiger partial charge in [0.05, 0.1) is 11.5 Å². The molecule has 0 spiro atoms. The number of carbonyl (C=O) groups is 1. The van der Waals surface area contributed by atoms with Crippen LogP contribution in [0, 0.1) is 11.8 Å². The van der Waals surface area contributed by atoms with Gasteiger partial charge in [-0.05, 0) is 23.8 Å². The summed E-state index contributed by atoms with van der Waals surface area (Å²) in [4.78, 5) is 26.1. The molecule has 2 atom stereocenters. The molecule has 3 aromatic heterocycles. The molecule has 0 aliphatic carbocycles. The van der Waals surface area contributed by atoms with Gasteiger partial charge in [-0.15, -0.1) is 11.3 Å². The number of aromatic nitrogens is 4. The summed E-state index contributed by atoms with van der Waals surface area (Å²) in [5.74, 6) is 6.62. The van der Waals surface area contributed by atoms with Crippen LogP contribution in [0.5, 0.6) is 0 Å². The van der Waals surface area contributed by atoms with Crippen molar-refractivity contribution in [2.45, 2.75) is 45.4 Å². The van der Waals surface area contributed by atoms with Gasteiger partial charge in [0, 0.05) is 19.8 Å². The van der Waals surface area contributed by atoms with Gasteiger partial charge in [0.25, 0.3) is 0 Å². The average molecular weight is 431 g/mol. The third-order valence-corrected chi connectivity index (χ3v) is 5.52. The lowest BCUT2D eigenvalue weighted by atomic mass is 10.2. The third-order valence-electron chi connectivity index (χ3n) is 4.39. The van der Waals surface area contributed by atoms with E-state index in [0.717, 1.165) is 17.7 Å². The molecule has 0 N–H and O–H groups in total. The number of halogens is 1. The molecule has 1 saturated heterocycles. The second kappa shape index (κ2) is 8.49. The van der Waals surface area contributed by atoms with Crippen molar-refractivity contribution in [3.8, 4) is 22.5 Å². The maximum Gasteiger partial charge on any atom is 0.303 e. The first kappa shape index (κ1) is 19.8. The summed E-state index contributed by atoms with van der Waals surface area (Å²) in [6.07, 6.45) is 1.30. The summed E-state index contributed by atoms with van der Waals surface area (Å²) < 4.78 is 13.3. The normalized spacial score (nSPS) is 18.6. The van der Waals surface area contributed by atoms with Crippen molar-refractivity contribution in [1.82, 2.24) is 19.5 Å². The molecular weight excluding hydrogens is 412 g/mol. The number of nitrogens with zero attached hydrogens (tertiary/aromatic N) is 4. The first-order valence-corrected chi connectivity index (χ1v) is 10.6. The summed E-state index contributed by atoms with van der Waals surface area (Å²) in [6, 6.07) is 3.90. The highest BCUT2D eigenvalue weighted by molar-refractivity contribution is 7.13. The van der Waals surface area contributed by atoms with Crippen LogP contribution in [0.1, 0.15) is 45.2 Å². The molecule has 0 saturated carbocycles. The van der Waals surface area contributed by atoms with Crippen molar-refractivity contribution < 1.29 is 14.3 Å². The Morgan fingerprint density at radius 1 is 1.45 bits per heavy atom. The molecule has 0 aromatic carbocycles. The fourth-order valence-electron chi connectivity index (χ4n) is 3.21. The molecule has 1 aliphatic rings. The van der Waals surface area contributed by atoms with Crippen molar-refractivity contribution >= 4 is 40.1 Å². The molecule has 3 aromatic rings. The Labute approximate surface area is 177 Å². The number of esters is 1. The highest BCUT2D eigenvalue weighted by Crippen LogP contribution is 2.37. The minimum absolute atomic E-state index is 0.231. The maximum atomic E-state index is 11.6. The summed E-state index contributed by atoms with van der Waals surface area (Å²) in [6.45, 7) is 3.91. The van der Waals surface area contributed by atoms with E-state index in [1.54, 1.807) is 11.3 Å². The van der Waals surface area contributed by atoms with E-state index in [1.807, 2.05) is 22.1 Å². The van der Waals surface area contributed by atoms with Crippen LogP contribution in [0.3, 0.4) is 0 Å². The number of hydrogen-bond acceptors (Lipinski definition) is 7. The first-order chi connectivity index (χ1) is 14.1. The number of fused-ring (bicyclic) bond motifs is 1. The van der Waals surface area contributed by atoms with Crippen molar-refractivity contribution in [1.29, 1.82) is 0 Å². The van der Waals surface area contributed by atoms with Crippen LogP contribution < -0.4 is 0 Å². The summed E-state index contributed by atoms with van der Waals surface area (Å²) in [5, 5.41) is 2.20.